The minimum absolute atomic E-state index is 0.00923. The molecule has 3 heterocycles. The summed E-state index contributed by atoms with van der Waals surface area (Å²) in [6.45, 7) is 9.33. The molecule has 0 spiro atoms. The maximum absolute atomic E-state index is 13.7. The molecule has 2 aromatic rings. The summed E-state index contributed by atoms with van der Waals surface area (Å²) in [4.78, 5) is 64.1. The zero-order chi connectivity index (χ0) is 31.7. The van der Waals surface area contributed by atoms with Crippen molar-refractivity contribution in [2.45, 2.75) is 64.7 Å². The number of amides is 3. The summed E-state index contributed by atoms with van der Waals surface area (Å²) in [5, 5.41) is 2.79. The number of ether oxygens (including phenoxy) is 4. The van der Waals surface area contributed by atoms with Crippen LogP contribution < -0.4 is 10.1 Å². The highest BCUT2D eigenvalue weighted by Gasteiger charge is 2.32. The molecule has 3 amide bonds. The van der Waals surface area contributed by atoms with Gasteiger partial charge in [-0.2, -0.15) is 4.98 Å². The van der Waals surface area contributed by atoms with Crippen molar-refractivity contribution in [3.63, 3.8) is 0 Å². The van der Waals surface area contributed by atoms with E-state index in [1.165, 1.54) is 11.0 Å². The minimum Gasteiger partial charge on any atom is -0.472 e. The predicted octanol–water partition coefficient (Wildman–Crippen LogP) is 2.83. The number of hydrogen-bond donors (Lipinski definition) is 1. The van der Waals surface area contributed by atoms with Crippen molar-refractivity contribution in [1.82, 2.24) is 25.1 Å². The first-order valence-electron chi connectivity index (χ1n) is 14.9. The van der Waals surface area contributed by atoms with Crippen LogP contribution in [0.25, 0.3) is 11.4 Å². The Labute approximate surface area is 257 Å². The molecular formula is C31H41N5O8. The number of rotatable bonds is 10. The highest BCUT2D eigenvalue weighted by Crippen LogP contribution is 2.22. The van der Waals surface area contributed by atoms with E-state index in [4.69, 9.17) is 18.9 Å². The van der Waals surface area contributed by atoms with E-state index in [0.717, 1.165) is 0 Å². The van der Waals surface area contributed by atoms with Crippen LogP contribution in [0.15, 0.2) is 36.4 Å². The number of aromatic nitrogens is 2. The molecule has 2 saturated heterocycles. The summed E-state index contributed by atoms with van der Waals surface area (Å²) in [5.74, 6) is -0.975. The molecule has 2 fully saturated rings. The Bertz CT molecular complexity index is 1300. The van der Waals surface area contributed by atoms with E-state index in [0.29, 0.717) is 31.0 Å². The van der Waals surface area contributed by atoms with Crippen LogP contribution in [-0.4, -0.2) is 107 Å². The Morgan fingerprint density at radius 2 is 1.75 bits per heavy atom. The van der Waals surface area contributed by atoms with Gasteiger partial charge in [0.1, 0.15) is 23.4 Å². The second-order valence-electron chi connectivity index (χ2n) is 11.5. The Morgan fingerprint density at radius 1 is 1.05 bits per heavy atom. The van der Waals surface area contributed by atoms with Crippen molar-refractivity contribution in [2.24, 2.45) is 0 Å². The monoisotopic (exact) mass is 611 g/mol. The van der Waals surface area contributed by atoms with Gasteiger partial charge in [-0.3, -0.25) is 14.4 Å². The Hall–Kier alpha value is -4.26. The summed E-state index contributed by atoms with van der Waals surface area (Å²) in [6.07, 6.45) is -0.0323. The lowest BCUT2D eigenvalue weighted by Crippen LogP contribution is -2.56. The minimum atomic E-state index is -1.05. The van der Waals surface area contributed by atoms with Gasteiger partial charge in [0, 0.05) is 50.7 Å². The van der Waals surface area contributed by atoms with Gasteiger partial charge in [-0.25, -0.2) is 9.78 Å². The van der Waals surface area contributed by atoms with Crippen molar-refractivity contribution in [2.75, 3.05) is 46.0 Å². The highest BCUT2D eigenvalue weighted by atomic mass is 16.6. The first kappa shape index (κ1) is 32.6. The molecule has 1 aromatic heterocycles. The number of carbonyl (C=O) groups excluding carboxylic acids is 4. The predicted molar refractivity (Wildman–Crippen MR) is 159 cm³/mol. The van der Waals surface area contributed by atoms with E-state index in [2.05, 4.69) is 15.3 Å². The average molecular weight is 612 g/mol. The van der Waals surface area contributed by atoms with Gasteiger partial charge >= 0.3 is 12.1 Å². The molecule has 1 aromatic carbocycles. The van der Waals surface area contributed by atoms with Gasteiger partial charge in [0.05, 0.1) is 19.8 Å². The van der Waals surface area contributed by atoms with Gasteiger partial charge in [0.15, 0.2) is 5.82 Å². The molecule has 1 N–H and O–H groups in total. The maximum atomic E-state index is 13.7. The molecule has 2 aliphatic rings. The third-order valence-electron chi connectivity index (χ3n) is 6.92. The van der Waals surface area contributed by atoms with Crippen LogP contribution in [0.5, 0.6) is 5.88 Å². The Morgan fingerprint density at radius 3 is 2.39 bits per heavy atom. The number of nitrogens with one attached hydrogen (secondary N) is 1. The second kappa shape index (κ2) is 15.0. The number of carbonyl (C=O) groups is 4. The van der Waals surface area contributed by atoms with Gasteiger partial charge in [-0.05, 0) is 34.1 Å². The fraction of sp³-hybridized carbons (Fsp3) is 0.548. The van der Waals surface area contributed by atoms with Crippen LogP contribution in [-0.2, 0) is 23.8 Å². The molecule has 238 valence electrons. The van der Waals surface area contributed by atoms with Crippen LogP contribution >= 0.6 is 0 Å². The molecule has 0 aliphatic carbocycles. The van der Waals surface area contributed by atoms with Crippen molar-refractivity contribution < 1.29 is 38.1 Å². The molecule has 2 aliphatic heterocycles. The van der Waals surface area contributed by atoms with Gasteiger partial charge in [-0.15, -0.1) is 0 Å². The number of nitrogens with zero attached hydrogens (tertiary/aromatic N) is 4. The van der Waals surface area contributed by atoms with Crippen LogP contribution in [0.3, 0.4) is 0 Å². The SMILES string of the molecule is CCOC(=O)N1CCN(C(=O)[C@H](CCC(=O)OC(C)(C)C)NC(=O)c2cc(O[C@H]3CCOC3)nc(-c3ccccc3)n2)CC1. The standard InChI is InChI=1S/C31H41N5O8/c1-5-42-30(40)36-16-14-35(15-17-36)29(39)23(11-12-26(37)44-31(2,3)4)33-28(38)24-19-25(43-22-13-18-41-20-22)34-27(32-24)21-9-7-6-8-10-21/h6-10,19,22-23H,5,11-18,20H2,1-4H3,(H,33,38)/t22-,23-/m0/s1. The third kappa shape index (κ3) is 9.37. The number of benzene rings is 1. The van der Waals surface area contributed by atoms with Crippen LogP contribution in [0.4, 0.5) is 4.79 Å². The summed E-state index contributed by atoms with van der Waals surface area (Å²) >= 11 is 0. The van der Waals surface area contributed by atoms with Crippen LogP contribution in [0, 0.1) is 0 Å². The van der Waals surface area contributed by atoms with Crippen LogP contribution in [0.2, 0.25) is 0 Å². The molecule has 0 unspecified atom stereocenters. The fourth-order valence-electron chi connectivity index (χ4n) is 4.78. The molecule has 44 heavy (non-hydrogen) atoms. The lowest BCUT2D eigenvalue weighted by molar-refractivity contribution is -0.155. The lowest BCUT2D eigenvalue weighted by Gasteiger charge is -2.36. The second-order valence-corrected chi connectivity index (χ2v) is 11.5. The van der Waals surface area contributed by atoms with E-state index in [1.807, 2.05) is 30.3 Å². The van der Waals surface area contributed by atoms with E-state index in [1.54, 1.807) is 32.6 Å². The smallest absolute Gasteiger partial charge is 0.409 e. The summed E-state index contributed by atoms with van der Waals surface area (Å²) in [6, 6.07) is 9.57. The van der Waals surface area contributed by atoms with Crippen molar-refractivity contribution >= 4 is 23.9 Å². The Balaban J connectivity index is 1.54. The molecule has 4 rings (SSSR count). The number of hydrogen-bond acceptors (Lipinski definition) is 10. The molecule has 13 heteroatoms. The first-order valence-corrected chi connectivity index (χ1v) is 14.9. The zero-order valence-electron chi connectivity index (χ0n) is 25.7. The zero-order valence-corrected chi connectivity index (χ0v) is 25.7. The van der Waals surface area contributed by atoms with E-state index in [-0.39, 0.29) is 69.2 Å². The van der Waals surface area contributed by atoms with Crippen molar-refractivity contribution in [1.29, 1.82) is 0 Å². The third-order valence-corrected chi connectivity index (χ3v) is 6.92. The molecular weight excluding hydrogens is 570 g/mol. The van der Waals surface area contributed by atoms with Crippen molar-refractivity contribution in [3.05, 3.63) is 42.1 Å². The van der Waals surface area contributed by atoms with Crippen LogP contribution in [0.1, 0.15) is 57.4 Å². The topological polar surface area (TPSA) is 149 Å². The van der Waals surface area contributed by atoms with Crippen molar-refractivity contribution in [3.8, 4) is 17.3 Å². The molecule has 13 nitrogen and oxygen atoms in total. The van der Waals surface area contributed by atoms with E-state index >= 15 is 0 Å². The van der Waals surface area contributed by atoms with Gasteiger partial charge < -0.3 is 34.1 Å². The quantitative estimate of drug-likeness (QED) is 0.398. The summed E-state index contributed by atoms with van der Waals surface area (Å²) < 4.78 is 21.9. The van der Waals surface area contributed by atoms with Gasteiger partial charge in [0.2, 0.25) is 11.8 Å². The largest absolute Gasteiger partial charge is 0.472 e. The fourth-order valence-corrected chi connectivity index (χ4v) is 4.78. The van der Waals surface area contributed by atoms with E-state index in [9.17, 15) is 19.2 Å². The normalized spacial score (nSPS) is 17.5. The molecule has 0 radical (unpaired) electrons. The van der Waals surface area contributed by atoms with E-state index < -0.39 is 29.6 Å². The lowest BCUT2D eigenvalue weighted by atomic mass is 10.1. The Kier molecular flexibility index (Phi) is 11.1. The molecule has 0 bridgehead atoms. The number of piperazine rings is 1. The van der Waals surface area contributed by atoms with Gasteiger partial charge in [0.25, 0.3) is 5.91 Å². The maximum Gasteiger partial charge on any atom is 0.409 e. The van der Waals surface area contributed by atoms with Gasteiger partial charge in [-0.1, -0.05) is 30.3 Å². The average Bonchev–Trinajstić information content (AvgIpc) is 3.51. The molecule has 2 atom stereocenters. The first-order chi connectivity index (χ1) is 21.0. The summed E-state index contributed by atoms with van der Waals surface area (Å²) in [7, 11) is 0. The number of esters is 1. The molecule has 0 saturated carbocycles. The highest BCUT2D eigenvalue weighted by molar-refractivity contribution is 5.96. The summed E-state index contributed by atoms with van der Waals surface area (Å²) in [5.41, 5.74) is 0.000367.